The molecule has 2 aromatic carbocycles. The summed E-state index contributed by atoms with van der Waals surface area (Å²) in [5, 5.41) is 13.8. The normalized spacial score (nSPS) is 25.1. The van der Waals surface area contributed by atoms with Gasteiger partial charge in [0.05, 0.1) is 18.0 Å². The lowest BCUT2D eigenvalue weighted by Gasteiger charge is -2.22. The molecule has 10 heteroatoms. The van der Waals surface area contributed by atoms with E-state index in [1.165, 1.54) is 48.1 Å². The summed E-state index contributed by atoms with van der Waals surface area (Å²) in [6.45, 7) is 0.702. The summed E-state index contributed by atoms with van der Waals surface area (Å²) in [5.41, 5.74) is -0.778. The molecule has 2 heterocycles. The third-order valence-electron chi connectivity index (χ3n) is 5.23. The molecule has 2 unspecified atom stereocenters. The van der Waals surface area contributed by atoms with Crippen molar-refractivity contribution < 1.29 is 32.4 Å². The quantitative estimate of drug-likeness (QED) is 0.676. The fourth-order valence-electron chi connectivity index (χ4n) is 3.61. The van der Waals surface area contributed by atoms with Crippen molar-refractivity contribution in [3.8, 4) is 5.75 Å². The van der Waals surface area contributed by atoms with Crippen LogP contribution in [0.25, 0.3) is 0 Å². The number of halogens is 2. The Balaban J connectivity index is 1.68. The molecule has 2 aromatic rings. The number of rotatable bonds is 5. The fraction of sp³-hybridized carbons (Fsp3) is 0.333. The topological polar surface area (TPSA) is 88.1 Å². The second-order valence-electron chi connectivity index (χ2n) is 7.66. The van der Waals surface area contributed by atoms with Crippen LogP contribution in [0.2, 0.25) is 0 Å². The van der Waals surface area contributed by atoms with Crippen LogP contribution >= 0.6 is 12.0 Å². The van der Waals surface area contributed by atoms with Crippen LogP contribution in [0, 0.1) is 0 Å². The molecule has 2 amide bonds. The molecule has 0 aromatic heterocycles. The predicted octanol–water partition coefficient (Wildman–Crippen LogP) is 3.69. The summed E-state index contributed by atoms with van der Waals surface area (Å²) in [6, 6.07) is 10.2. The Morgan fingerprint density at radius 3 is 2.74 bits per heavy atom. The van der Waals surface area contributed by atoms with Crippen molar-refractivity contribution in [1.82, 2.24) is 5.32 Å². The van der Waals surface area contributed by atoms with E-state index < -0.39 is 23.0 Å². The number of ether oxygens (including phenoxy) is 1. The number of nitrogens with zero attached hydrogens (tertiary/aromatic N) is 1. The van der Waals surface area contributed by atoms with Gasteiger partial charge in [-0.25, -0.2) is 0 Å². The number of aliphatic hydroxyl groups is 1. The Hall–Kier alpha value is -2.69. The first-order chi connectivity index (χ1) is 14.6. The lowest BCUT2D eigenvalue weighted by atomic mass is 9.96. The fourth-order valence-corrected chi connectivity index (χ4v) is 4.33. The molecule has 2 aliphatic heterocycles. The van der Waals surface area contributed by atoms with Gasteiger partial charge in [-0.1, -0.05) is 6.07 Å². The average molecular weight is 450 g/mol. The summed E-state index contributed by atoms with van der Waals surface area (Å²) in [7, 11) is 0. The molecule has 0 saturated carbocycles. The summed E-state index contributed by atoms with van der Waals surface area (Å²) < 4.78 is 34.8. The molecule has 0 radical (unpaired) electrons. The van der Waals surface area contributed by atoms with Crippen molar-refractivity contribution in [3.63, 3.8) is 0 Å². The van der Waals surface area contributed by atoms with E-state index in [9.17, 15) is 23.5 Å². The first kappa shape index (κ1) is 21.5. The number of anilines is 2. The molecule has 4 rings (SSSR count). The standard InChI is InChI=1S/C21H20F2N2O5S/c1-20(8-9-29-31-20)24-17(26)12-6-7-16-15(10-12)21(2,28)18(27)25(16)13-4-3-5-14(11-13)30-19(22)23/h3-7,10-11,19,28H,8-9H2,1-2H3,(H,24,26). The summed E-state index contributed by atoms with van der Waals surface area (Å²) in [6.07, 6.45) is 0.648. The van der Waals surface area contributed by atoms with Gasteiger partial charge in [-0.05, 0) is 44.2 Å². The van der Waals surface area contributed by atoms with Crippen molar-refractivity contribution in [3.05, 3.63) is 53.6 Å². The van der Waals surface area contributed by atoms with Crippen molar-refractivity contribution in [1.29, 1.82) is 0 Å². The van der Waals surface area contributed by atoms with E-state index in [1.807, 2.05) is 6.92 Å². The van der Waals surface area contributed by atoms with Gasteiger partial charge in [-0.15, -0.1) is 0 Å². The zero-order valence-electron chi connectivity index (χ0n) is 16.7. The first-order valence-corrected chi connectivity index (χ1v) is 10.2. The zero-order chi connectivity index (χ0) is 22.4. The maximum Gasteiger partial charge on any atom is 0.387 e. The summed E-state index contributed by atoms with van der Waals surface area (Å²) in [4.78, 5) is 26.4. The van der Waals surface area contributed by atoms with E-state index in [0.717, 1.165) is 0 Å². The monoisotopic (exact) mass is 450 g/mol. The Kier molecular flexibility index (Phi) is 5.40. The molecule has 1 saturated heterocycles. The van der Waals surface area contributed by atoms with Crippen molar-refractivity contribution in [2.24, 2.45) is 0 Å². The molecule has 7 nitrogen and oxygen atoms in total. The van der Waals surface area contributed by atoms with Crippen LogP contribution in [0.15, 0.2) is 42.5 Å². The number of nitrogens with one attached hydrogen (secondary N) is 1. The number of benzene rings is 2. The molecule has 2 atom stereocenters. The molecule has 31 heavy (non-hydrogen) atoms. The second-order valence-corrected chi connectivity index (χ2v) is 8.96. The molecule has 1 fully saturated rings. The Morgan fingerprint density at radius 1 is 1.29 bits per heavy atom. The van der Waals surface area contributed by atoms with Gasteiger partial charge in [0.1, 0.15) is 10.6 Å². The Bertz CT molecular complexity index is 1040. The number of carbonyl (C=O) groups excluding carboxylic acids is 2. The molecular formula is C21H20F2N2O5S. The molecule has 0 bridgehead atoms. The molecule has 2 N–H and O–H groups in total. The van der Waals surface area contributed by atoms with E-state index in [-0.39, 0.29) is 28.5 Å². The molecule has 0 aliphatic carbocycles. The number of carbonyl (C=O) groups is 2. The van der Waals surface area contributed by atoms with Crippen molar-refractivity contribution in [2.45, 2.75) is 37.4 Å². The number of amides is 2. The minimum Gasteiger partial charge on any atom is -0.435 e. The number of alkyl halides is 2. The Labute approximate surface area is 181 Å². The van der Waals surface area contributed by atoms with Crippen LogP contribution in [0.1, 0.15) is 36.2 Å². The number of hydrogen-bond donors (Lipinski definition) is 2. The lowest BCUT2D eigenvalue weighted by Crippen LogP contribution is -2.41. The summed E-state index contributed by atoms with van der Waals surface area (Å²) >= 11 is 1.19. The van der Waals surface area contributed by atoms with Gasteiger partial charge in [-0.3, -0.25) is 14.5 Å². The minimum atomic E-state index is -3.01. The first-order valence-electron chi connectivity index (χ1n) is 9.50. The van der Waals surface area contributed by atoms with Crippen molar-refractivity contribution in [2.75, 3.05) is 11.5 Å². The molecular weight excluding hydrogens is 430 g/mol. The van der Waals surface area contributed by atoms with Crippen LogP contribution in [0.3, 0.4) is 0 Å². The van der Waals surface area contributed by atoms with Crippen LogP contribution < -0.4 is 15.0 Å². The highest BCUT2D eigenvalue weighted by Gasteiger charge is 2.47. The van der Waals surface area contributed by atoms with Gasteiger partial charge in [0.25, 0.3) is 11.8 Å². The lowest BCUT2D eigenvalue weighted by molar-refractivity contribution is -0.133. The van der Waals surface area contributed by atoms with E-state index in [4.69, 9.17) is 4.18 Å². The van der Waals surface area contributed by atoms with Gasteiger partial charge in [0.15, 0.2) is 5.60 Å². The maximum atomic E-state index is 13.0. The van der Waals surface area contributed by atoms with Gasteiger partial charge in [0, 0.05) is 35.7 Å². The molecule has 2 aliphatic rings. The van der Waals surface area contributed by atoms with E-state index >= 15 is 0 Å². The third kappa shape index (κ3) is 3.98. The van der Waals surface area contributed by atoms with Crippen LogP contribution in [0.4, 0.5) is 20.2 Å². The van der Waals surface area contributed by atoms with Gasteiger partial charge in [0.2, 0.25) is 0 Å². The van der Waals surface area contributed by atoms with E-state index in [2.05, 4.69) is 10.1 Å². The van der Waals surface area contributed by atoms with Crippen molar-refractivity contribution >= 4 is 35.2 Å². The Morgan fingerprint density at radius 2 is 2.06 bits per heavy atom. The molecule has 0 spiro atoms. The average Bonchev–Trinajstić information content (AvgIpc) is 3.21. The second kappa shape index (κ2) is 7.77. The zero-order valence-corrected chi connectivity index (χ0v) is 17.5. The highest BCUT2D eigenvalue weighted by Crippen LogP contribution is 2.45. The highest BCUT2D eigenvalue weighted by molar-refractivity contribution is 7.96. The van der Waals surface area contributed by atoms with Gasteiger partial charge >= 0.3 is 6.61 Å². The van der Waals surface area contributed by atoms with Gasteiger partial charge < -0.3 is 19.3 Å². The third-order valence-corrected chi connectivity index (χ3v) is 6.19. The number of hydrogen-bond acceptors (Lipinski definition) is 6. The maximum absolute atomic E-state index is 13.0. The smallest absolute Gasteiger partial charge is 0.387 e. The van der Waals surface area contributed by atoms with E-state index in [0.29, 0.717) is 18.7 Å². The number of fused-ring (bicyclic) bond motifs is 1. The van der Waals surface area contributed by atoms with Crippen LogP contribution in [-0.4, -0.2) is 35.0 Å². The largest absolute Gasteiger partial charge is 0.435 e. The SMILES string of the molecule is CC1(NC(=O)c2ccc3c(c2)C(C)(O)C(=O)N3c2cccc(OC(F)F)c2)CCOS1. The molecule has 164 valence electrons. The van der Waals surface area contributed by atoms with E-state index in [1.54, 1.807) is 18.2 Å². The predicted molar refractivity (Wildman–Crippen MR) is 110 cm³/mol. The minimum absolute atomic E-state index is 0.117. The highest BCUT2D eigenvalue weighted by atomic mass is 32.2. The van der Waals surface area contributed by atoms with Gasteiger partial charge in [-0.2, -0.15) is 8.78 Å². The van der Waals surface area contributed by atoms with Crippen LogP contribution in [0.5, 0.6) is 5.75 Å². The summed E-state index contributed by atoms with van der Waals surface area (Å²) in [5.74, 6) is -1.15. The van der Waals surface area contributed by atoms with Crippen LogP contribution in [-0.2, 0) is 14.6 Å².